The fourth-order valence-corrected chi connectivity index (χ4v) is 6.33. The summed E-state index contributed by atoms with van der Waals surface area (Å²) in [6.45, 7) is 5.89. The molecular formula is C28H36N10O11P+. The Labute approximate surface area is 282 Å². The zero-order valence-corrected chi connectivity index (χ0v) is 28.2. The number of nitrogens with one attached hydrogen (secondary N) is 4. The second-order valence-corrected chi connectivity index (χ2v) is 13.3. The maximum atomic E-state index is 13.5. The third-order valence-electron chi connectivity index (χ3n) is 8.09. The SMILES string of the molecule is CC(C)C(=O)Nc1nc2c(ncn2[C@@H]2O[C@H](CO)C[C@@H]2O[P+](=O)O[C@H]2C[C@@H](CO)O[C@H]2n2cnc3c(=O)[nH]c(NC(=O)C(C)C)nc32)c(=O)[nH]1. The van der Waals surface area contributed by atoms with Gasteiger partial charge >= 0.3 is 8.25 Å². The zero-order valence-electron chi connectivity index (χ0n) is 27.3. The van der Waals surface area contributed by atoms with Gasteiger partial charge in [-0.3, -0.25) is 48.9 Å². The van der Waals surface area contributed by atoms with Crippen LogP contribution in [0.3, 0.4) is 0 Å². The van der Waals surface area contributed by atoms with Crippen molar-refractivity contribution in [2.75, 3.05) is 23.8 Å². The number of aliphatic hydroxyl groups is 2. The van der Waals surface area contributed by atoms with E-state index in [4.69, 9.17) is 18.5 Å². The minimum atomic E-state index is -2.94. The first-order chi connectivity index (χ1) is 23.9. The number of ether oxygens (including phenoxy) is 2. The van der Waals surface area contributed by atoms with Gasteiger partial charge in [-0.2, -0.15) is 9.97 Å². The van der Waals surface area contributed by atoms with Crippen LogP contribution in [0.5, 0.6) is 0 Å². The Morgan fingerprint density at radius 1 is 0.840 bits per heavy atom. The van der Waals surface area contributed by atoms with Crippen molar-refractivity contribution < 1.29 is 42.9 Å². The van der Waals surface area contributed by atoms with E-state index in [1.54, 1.807) is 27.7 Å². The summed E-state index contributed by atoms with van der Waals surface area (Å²) >= 11 is 0. The van der Waals surface area contributed by atoms with E-state index in [0.717, 1.165) is 0 Å². The number of hydrogen-bond donors (Lipinski definition) is 6. The van der Waals surface area contributed by atoms with Crippen LogP contribution in [0.4, 0.5) is 11.9 Å². The second kappa shape index (κ2) is 14.4. The molecule has 4 aromatic heterocycles. The van der Waals surface area contributed by atoms with Crippen LogP contribution in [-0.2, 0) is 32.7 Å². The molecule has 268 valence electrons. The van der Waals surface area contributed by atoms with Crippen LogP contribution in [0.15, 0.2) is 22.2 Å². The highest BCUT2D eigenvalue weighted by Crippen LogP contribution is 2.43. The molecule has 50 heavy (non-hydrogen) atoms. The van der Waals surface area contributed by atoms with Gasteiger partial charge in [0.15, 0.2) is 47.0 Å². The van der Waals surface area contributed by atoms with Crippen molar-refractivity contribution in [2.45, 2.75) is 77.4 Å². The van der Waals surface area contributed by atoms with E-state index in [-0.39, 0.29) is 58.9 Å². The van der Waals surface area contributed by atoms with Gasteiger partial charge in [-0.15, -0.1) is 9.05 Å². The number of rotatable bonds is 12. The highest BCUT2D eigenvalue weighted by Gasteiger charge is 2.48. The van der Waals surface area contributed by atoms with E-state index in [9.17, 15) is 34.0 Å². The predicted octanol–water partition coefficient (Wildman–Crippen LogP) is 0.429. The van der Waals surface area contributed by atoms with E-state index in [0.29, 0.717) is 0 Å². The van der Waals surface area contributed by atoms with Crippen molar-refractivity contribution in [1.82, 2.24) is 39.0 Å². The smallest absolute Gasteiger partial charge is 0.394 e. The number of aliphatic hydroxyl groups excluding tert-OH is 2. The monoisotopic (exact) mass is 719 g/mol. The highest BCUT2D eigenvalue weighted by molar-refractivity contribution is 7.33. The summed E-state index contributed by atoms with van der Waals surface area (Å²) in [7, 11) is -2.94. The van der Waals surface area contributed by atoms with E-state index in [1.807, 2.05) is 0 Å². The summed E-state index contributed by atoms with van der Waals surface area (Å²) in [6, 6.07) is 0. The molecule has 2 aliphatic rings. The molecule has 6 heterocycles. The number of aromatic nitrogens is 8. The second-order valence-electron chi connectivity index (χ2n) is 12.4. The van der Waals surface area contributed by atoms with Gasteiger partial charge in [-0.25, -0.2) is 9.97 Å². The van der Waals surface area contributed by atoms with Crippen LogP contribution in [-0.4, -0.2) is 98.7 Å². The molecule has 21 nitrogen and oxygen atoms in total. The molecule has 0 radical (unpaired) electrons. The number of amides is 2. The third kappa shape index (κ3) is 7.06. The van der Waals surface area contributed by atoms with Crippen molar-refractivity contribution in [3.63, 3.8) is 0 Å². The highest BCUT2D eigenvalue weighted by atomic mass is 31.1. The Hall–Kier alpha value is -4.50. The van der Waals surface area contributed by atoms with Gasteiger partial charge in [-0.05, 0) is 0 Å². The molecule has 6 rings (SSSR count). The molecule has 0 aliphatic carbocycles. The van der Waals surface area contributed by atoms with Crippen molar-refractivity contribution in [3.8, 4) is 0 Å². The molecule has 0 unspecified atom stereocenters. The van der Waals surface area contributed by atoms with Gasteiger partial charge < -0.3 is 19.7 Å². The normalized spacial score (nSPS) is 23.8. The van der Waals surface area contributed by atoms with Gasteiger partial charge in [0.05, 0.1) is 38.1 Å². The zero-order chi connectivity index (χ0) is 35.9. The lowest BCUT2D eigenvalue weighted by molar-refractivity contribution is -0.119. The molecule has 2 saturated heterocycles. The van der Waals surface area contributed by atoms with Gasteiger partial charge in [-0.1, -0.05) is 27.7 Å². The summed E-state index contributed by atoms with van der Waals surface area (Å²) in [5.41, 5.74) is -1.30. The Bertz CT molecular complexity index is 1900. The molecule has 0 spiro atoms. The number of imidazole rings is 2. The molecule has 2 fully saturated rings. The lowest BCUT2D eigenvalue weighted by Crippen LogP contribution is -2.25. The lowest BCUT2D eigenvalue weighted by Gasteiger charge is -2.18. The van der Waals surface area contributed by atoms with Crippen LogP contribution in [0.25, 0.3) is 22.3 Å². The summed E-state index contributed by atoms with van der Waals surface area (Å²) in [4.78, 5) is 71.8. The molecule has 22 heteroatoms. The number of aromatic amines is 2. The minimum Gasteiger partial charge on any atom is -0.394 e. The molecule has 2 amide bonds. The fourth-order valence-electron chi connectivity index (χ4n) is 5.46. The topological polar surface area (TPSA) is 280 Å². The van der Waals surface area contributed by atoms with E-state index in [2.05, 4.69) is 40.5 Å². The number of H-pyrrole nitrogens is 2. The molecule has 6 atom stereocenters. The summed E-state index contributed by atoms with van der Waals surface area (Å²) in [5.74, 6) is -1.78. The largest absolute Gasteiger partial charge is 0.698 e. The number of fused-ring (bicyclic) bond motifs is 2. The summed E-state index contributed by atoms with van der Waals surface area (Å²) < 4.78 is 39.8. The molecule has 0 saturated carbocycles. The maximum Gasteiger partial charge on any atom is 0.698 e. The molecule has 4 aromatic rings. The number of nitrogens with zero attached hydrogens (tertiary/aromatic N) is 6. The van der Waals surface area contributed by atoms with Gasteiger partial charge in [0.2, 0.25) is 23.7 Å². The average Bonchev–Trinajstić information content (AvgIpc) is 3.86. The van der Waals surface area contributed by atoms with E-state index < -0.39 is 81.3 Å². The van der Waals surface area contributed by atoms with Crippen molar-refractivity contribution >= 4 is 54.3 Å². The summed E-state index contributed by atoms with van der Waals surface area (Å²) in [5, 5.41) is 24.8. The Morgan fingerprint density at radius 2 is 1.24 bits per heavy atom. The Morgan fingerprint density at radius 3 is 1.60 bits per heavy atom. The number of carbonyl (C=O) groups is 2. The molecular weight excluding hydrogens is 683 g/mol. The van der Waals surface area contributed by atoms with Crippen LogP contribution < -0.4 is 21.8 Å². The number of carbonyl (C=O) groups excluding carboxylic acids is 2. The van der Waals surface area contributed by atoms with Gasteiger partial charge in [0.25, 0.3) is 11.1 Å². The van der Waals surface area contributed by atoms with E-state index >= 15 is 0 Å². The van der Waals surface area contributed by atoms with Crippen LogP contribution in [0.2, 0.25) is 0 Å². The predicted molar refractivity (Wildman–Crippen MR) is 172 cm³/mol. The van der Waals surface area contributed by atoms with Crippen molar-refractivity contribution in [2.24, 2.45) is 11.8 Å². The summed E-state index contributed by atoms with van der Waals surface area (Å²) in [6.07, 6.45) is -2.95. The maximum absolute atomic E-state index is 13.5. The van der Waals surface area contributed by atoms with Gasteiger partial charge in [0, 0.05) is 29.2 Å². The quantitative estimate of drug-likeness (QED) is 0.108. The molecule has 0 bridgehead atoms. The standard InChI is InChI=1S/C28H35N10O11P/c1-11(2)21(41)33-27-31-19-17(23(43)35-27)29-9-37(19)25-15(5-13(7-39)46-25)48-50(45)49-16-6-14(8-40)47-26(16)38-10-30-18-20(38)32-28(36-24(18)44)34-22(42)12(3)4/h9-16,25-26,39-40H,5-8H2,1-4H3,(H3-,31,32,33,34,35,36,41,42,43,44)/p+1/t13-,14-,15-,16-,25+,26+/m0/s1. The van der Waals surface area contributed by atoms with Crippen LogP contribution in [0, 0.1) is 11.8 Å². The van der Waals surface area contributed by atoms with E-state index in [1.165, 1.54) is 21.8 Å². The molecule has 0 aromatic carbocycles. The first-order valence-corrected chi connectivity index (χ1v) is 16.8. The fraction of sp³-hybridized carbons (Fsp3) is 0.571. The molecule has 6 N–H and O–H groups in total. The number of anilines is 2. The third-order valence-corrected chi connectivity index (χ3v) is 8.97. The lowest BCUT2D eigenvalue weighted by atomic mass is 10.2. The van der Waals surface area contributed by atoms with Crippen LogP contribution >= 0.6 is 8.25 Å². The average molecular weight is 720 g/mol. The Kier molecular flexibility index (Phi) is 10.2. The Balaban J connectivity index is 1.24. The number of hydrogen-bond acceptors (Lipinski definition) is 15. The minimum absolute atomic E-state index is 0.0367. The van der Waals surface area contributed by atoms with Crippen molar-refractivity contribution in [3.05, 3.63) is 33.4 Å². The van der Waals surface area contributed by atoms with Crippen molar-refractivity contribution in [1.29, 1.82) is 0 Å². The van der Waals surface area contributed by atoms with Gasteiger partial charge in [0.1, 0.15) is 0 Å². The molecule has 2 aliphatic heterocycles. The first kappa shape index (κ1) is 35.3. The first-order valence-electron chi connectivity index (χ1n) is 15.8. The van der Waals surface area contributed by atoms with Crippen LogP contribution in [0.1, 0.15) is 53.0 Å².